The number of H-pyrrole nitrogens is 1. The zero-order valence-corrected chi connectivity index (χ0v) is 10.4. The number of nitrogen functional groups attached to an aromatic ring is 1. The maximum Gasteiger partial charge on any atom is 0.290 e. The van der Waals surface area contributed by atoms with Gasteiger partial charge in [0.2, 0.25) is 0 Å². The Kier molecular flexibility index (Phi) is 2.51. The highest BCUT2D eigenvalue weighted by molar-refractivity contribution is 5.71. The average Bonchev–Trinajstić information content (AvgIpc) is 3.19. The van der Waals surface area contributed by atoms with Gasteiger partial charge in [-0.1, -0.05) is 30.3 Å². The van der Waals surface area contributed by atoms with Gasteiger partial charge in [-0.15, -0.1) is 0 Å². The number of rotatable bonds is 3. The lowest BCUT2D eigenvalue weighted by Gasteiger charge is -2.10. The Labute approximate surface area is 105 Å². The first-order valence-corrected chi connectivity index (χ1v) is 6.34. The van der Waals surface area contributed by atoms with E-state index >= 15 is 0 Å². The molecule has 0 radical (unpaired) electrons. The van der Waals surface area contributed by atoms with Crippen LogP contribution in [0.25, 0.3) is 11.3 Å². The van der Waals surface area contributed by atoms with E-state index in [1.165, 1.54) is 12.8 Å². The molecule has 1 aliphatic carbocycles. The average molecular weight is 243 g/mol. The fourth-order valence-corrected chi connectivity index (χ4v) is 2.37. The van der Waals surface area contributed by atoms with Gasteiger partial charge in [0.1, 0.15) is 5.69 Å². The van der Waals surface area contributed by atoms with E-state index in [1.807, 2.05) is 30.3 Å². The van der Waals surface area contributed by atoms with Gasteiger partial charge in [-0.05, 0) is 25.7 Å². The molecule has 1 aliphatic rings. The summed E-state index contributed by atoms with van der Waals surface area (Å²) in [6.07, 6.45) is 2.40. The molecule has 1 unspecified atom stereocenters. The van der Waals surface area contributed by atoms with Crippen molar-refractivity contribution in [1.29, 1.82) is 0 Å². The van der Waals surface area contributed by atoms with Crippen molar-refractivity contribution in [3.8, 4) is 11.3 Å². The Balaban J connectivity index is 2.07. The number of nitrogens with one attached hydrogen (secondary N) is 1. The summed E-state index contributed by atoms with van der Waals surface area (Å²) < 4.78 is 1.68. The lowest BCUT2D eigenvalue weighted by Crippen LogP contribution is -2.23. The minimum absolute atomic E-state index is 0.103. The third-order valence-electron chi connectivity index (χ3n) is 3.72. The summed E-state index contributed by atoms with van der Waals surface area (Å²) in [7, 11) is 0. The van der Waals surface area contributed by atoms with Crippen LogP contribution in [0.2, 0.25) is 0 Å². The Bertz CT molecular complexity index is 608. The molecule has 0 aliphatic heterocycles. The molecule has 4 nitrogen and oxygen atoms in total. The first-order chi connectivity index (χ1) is 8.68. The lowest BCUT2D eigenvalue weighted by atomic mass is 10.1. The molecule has 94 valence electrons. The van der Waals surface area contributed by atoms with Crippen LogP contribution in [0, 0.1) is 5.92 Å². The lowest BCUT2D eigenvalue weighted by molar-refractivity contribution is 0.430. The van der Waals surface area contributed by atoms with Crippen LogP contribution in [0.3, 0.4) is 0 Å². The highest BCUT2D eigenvalue weighted by Crippen LogP contribution is 2.39. The van der Waals surface area contributed by atoms with Crippen LogP contribution >= 0.6 is 0 Å². The second-order valence-corrected chi connectivity index (χ2v) is 5.02. The van der Waals surface area contributed by atoms with E-state index in [-0.39, 0.29) is 11.6 Å². The molecule has 0 spiro atoms. The zero-order chi connectivity index (χ0) is 12.7. The van der Waals surface area contributed by atoms with Gasteiger partial charge in [-0.2, -0.15) is 0 Å². The van der Waals surface area contributed by atoms with Crippen molar-refractivity contribution >= 4 is 5.69 Å². The third-order valence-corrected chi connectivity index (χ3v) is 3.72. The molecule has 1 fully saturated rings. The van der Waals surface area contributed by atoms with E-state index in [9.17, 15) is 4.79 Å². The number of nitrogens with zero attached hydrogens (tertiary/aromatic N) is 1. The molecule has 4 heteroatoms. The summed E-state index contributed by atoms with van der Waals surface area (Å²) in [5.74, 6) is 0.615. The van der Waals surface area contributed by atoms with Crippen molar-refractivity contribution in [1.82, 2.24) is 9.78 Å². The first kappa shape index (κ1) is 11.1. The summed E-state index contributed by atoms with van der Waals surface area (Å²) in [6.45, 7) is 2.07. The summed E-state index contributed by atoms with van der Waals surface area (Å²) in [6, 6.07) is 9.93. The Morgan fingerprint density at radius 2 is 2.00 bits per heavy atom. The number of aromatic amines is 1. The largest absolute Gasteiger partial charge is 0.392 e. The standard InChI is InChI=1S/C14H17N3O/c1-9(10-7-8-10)17-14(18)12(15)13(16-17)11-5-3-2-4-6-11/h2-6,9-10,16H,7-8,15H2,1H3. The van der Waals surface area contributed by atoms with Crippen molar-refractivity contribution in [2.24, 2.45) is 5.92 Å². The molecule has 1 saturated carbocycles. The van der Waals surface area contributed by atoms with Crippen LogP contribution < -0.4 is 11.3 Å². The van der Waals surface area contributed by atoms with Crippen molar-refractivity contribution in [2.45, 2.75) is 25.8 Å². The molecule has 1 aromatic carbocycles. The van der Waals surface area contributed by atoms with Gasteiger partial charge < -0.3 is 5.73 Å². The first-order valence-electron chi connectivity index (χ1n) is 6.34. The van der Waals surface area contributed by atoms with Crippen LogP contribution in [0.1, 0.15) is 25.8 Å². The third kappa shape index (κ3) is 1.74. The molecule has 3 rings (SSSR count). The predicted molar refractivity (Wildman–Crippen MR) is 72.3 cm³/mol. The summed E-state index contributed by atoms with van der Waals surface area (Å²) >= 11 is 0. The monoisotopic (exact) mass is 243 g/mol. The molecule has 0 amide bonds. The number of aromatic nitrogens is 2. The van der Waals surface area contributed by atoms with Gasteiger partial charge in [0.25, 0.3) is 5.56 Å². The SMILES string of the molecule is CC(C1CC1)n1[nH]c(-c2ccccc2)c(N)c1=O. The Morgan fingerprint density at radius 3 is 2.61 bits per heavy atom. The van der Waals surface area contributed by atoms with Gasteiger partial charge in [-0.25, -0.2) is 4.68 Å². The van der Waals surface area contributed by atoms with Crippen LogP contribution in [-0.2, 0) is 0 Å². The summed E-state index contributed by atoms with van der Waals surface area (Å²) in [4.78, 5) is 12.1. The van der Waals surface area contributed by atoms with Crippen molar-refractivity contribution < 1.29 is 0 Å². The molecular weight excluding hydrogens is 226 g/mol. The van der Waals surface area contributed by atoms with Gasteiger partial charge in [-0.3, -0.25) is 9.89 Å². The van der Waals surface area contributed by atoms with Crippen LogP contribution in [0.15, 0.2) is 35.1 Å². The molecule has 2 aromatic rings. The second-order valence-electron chi connectivity index (χ2n) is 5.02. The van der Waals surface area contributed by atoms with E-state index in [0.29, 0.717) is 11.6 Å². The fourth-order valence-electron chi connectivity index (χ4n) is 2.37. The number of hydrogen-bond donors (Lipinski definition) is 2. The van der Waals surface area contributed by atoms with Crippen LogP contribution in [-0.4, -0.2) is 9.78 Å². The Hall–Kier alpha value is -1.97. The van der Waals surface area contributed by atoms with Crippen molar-refractivity contribution in [3.63, 3.8) is 0 Å². The molecule has 0 bridgehead atoms. The van der Waals surface area contributed by atoms with Gasteiger partial charge in [0, 0.05) is 5.56 Å². The molecule has 1 aromatic heterocycles. The topological polar surface area (TPSA) is 63.8 Å². The van der Waals surface area contributed by atoms with E-state index in [4.69, 9.17) is 5.73 Å². The molecule has 3 N–H and O–H groups in total. The van der Waals surface area contributed by atoms with Gasteiger partial charge in [0.05, 0.1) is 11.7 Å². The second kappa shape index (κ2) is 4.05. The highest BCUT2D eigenvalue weighted by Gasteiger charge is 2.31. The number of hydrogen-bond acceptors (Lipinski definition) is 2. The fraction of sp³-hybridized carbons (Fsp3) is 0.357. The molecule has 18 heavy (non-hydrogen) atoms. The maximum absolute atomic E-state index is 12.1. The molecule has 1 atom stereocenters. The number of benzene rings is 1. The summed E-state index contributed by atoms with van der Waals surface area (Å²) in [5.41, 5.74) is 7.82. The highest BCUT2D eigenvalue weighted by atomic mass is 16.1. The molecule has 0 saturated heterocycles. The number of anilines is 1. The van der Waals surface area contributed by atoms with E-state index in [2.05, 4.69) is 12.0 Å². The zero-order valence-electron chi connectivity index (χ0n) is 10.4. The predicted octanol–water partition coefficient (Wildman–Crippen LogP) is 2.40. The summed E-state index contributed by atoms with van der Waals surface area (Å²) in [5, 5.41) is 3.17. The number of nitrogens with two attached hydrogens (primary N) is 1. The van der Waals surface area contributed by atoms with E-state index in [0.717, 1.165) is 11.3 Å². The van der Waals surface area contributed by atoms with Gasteiger partial charge in [0.15, 0.2) is 0 Å². The van der Waals surface area contributed by atoms with E-state index < -0.39 is 0 Å². The van der Waals surface area contributed by atoms with Crippen LogP contribution in [0.4, 0.5) is 5.69 Å². The smallest absolute Gasteiger partial charge is 0.290 e. The Morgan fingerprint density at radius 1 is 1.33 bits per heavy atom. The quantitative estimate of drug-likeness (QED) is 0.869. The maximum atomic E-state index is 12.1. The molecular formula is C14H17N3O. The van der Waals surface area contributed by atoms with Crippen molar-refractivity contribution in [3.05, 3.63) is 40.7 Å². The minimum Gasteiger partial charge on any atom is -0.392 e. The van der Waals surface area contributed by atoms with Gasteiger partial charge >= 0.3 is 0 Å². The van der Waals surface area contributed by atoms with E-state index in [1.54, 1.807) is 4.68 Å². The minimum atomic E-state index is -0.103. The normalized spacial score (nSPS) is 16.7. The molecule has 1 heterocycles. The van der Waals surface area contributed by atoms with Crippen molar-refractivity contribution in [2.75, 3.05) is 5.73 Å². The van der Waals surface area contributed by atoms with Crippen LogP contribution in [0.5, 0.6) is 0 Å².